The van der Waals surface area contributed by atoms with Crippen molar-refractivity contribution >= 4 is 5.69 Å². The van der Waals surface area contributed by atoms with Crippen LogP contribution in [0.2, 0.25) is 0 Å². The number of anilines is 1. The molecule has 0 atom stereocenters. The smallest absolute Gasteiger partial charge is 0.146 e. The third kappa shape index (κ3) is 6.44. The van der Waals surface area contributed by atoms with Crippen molar-refractivity contribution in [3.63, 3.8) is 0 Å². The van der Waals surface area contributed by atoms with Crippen LogP contribution in [0.25, 0.3) is 0 Å². The highest BCUT2D eigenvalue weighted by Crippen LogP contribution is 2.20. The molecule has 0 amide bonds. The Bertz CT molecular complexity index is 410. The van der Waals surface area contributed by atoms with Crippen LogP contribution < -0.4 is 10.2 Å². The molecule has 0 aliphatic rings. The average Bonchev–Trinajstić information content (AvgIpc) is 2.44. The number of hydrogen-bond acceptors (Lipinski definition) is 3. The van der Waals surface area contributed by atoms with E-state index in [1.807, 2.05) is 30.9 Å². The summed E-state index contributed by atoms with van der Waals surface area (Å²) >= 11 is 0. The molecule has 21 heavy (non-hydrogen) atoms. The molecule has 0 heterocycles. The van der Waals surface area contributed by atoms with Crippen LogP contribution in [-0.4, -0.2) is 32.8 Å². The Morgan fingerprint density at radius 1 is 1.29 bits per heavy atom. The molecular formula is C17H29FN2O. The van der Waals surface area contributed by atoms with E-state index in [0.29, 0.717) is 37.9 Å². The molecule has 0 aliphatic heterocycles. The van der Waals surface area contributed by atoms with Crippen molar-refractivity contribution < 1.29 is 9.13 Å². The van der Waals surface area contributed by atoms with Gasteiger partial charge in [0, 0.05) is 26.2 Å². The third-order valence-corrected chi connectivity index (χ3v) is 3.33. The molecule has 1 aromatic carbocycles. The lowest BCUT2D eigenvalue weighted by Crippen LogP contribution is -2.28. The monoisotopic (exact) mass is 296 g/mol. The Labute approximate surface area is 128 Å². The van der Waals surface area contributed by atoms with E-state index in [1.165, 1.54) is 0 Å². The average molecular weight is 296 g/mol. The quantitative estimate of drug-likeness (QED) is 0.669. The second kappa shape index (κ2) is 9.74. The molecule has 1 N–H and O–H groups in total. The molecule has 1 aromatic rings. The van der Waals surface area contributed by atoms with E-state index in [2.05, 4.69) is 19.2 Å². The van der Waals surface area contributed by atoms with Crippen molar-refractivity contribution in [3.8, 4) is 0 Å². The Morgan fingerprint density at radius 2 is 2.05 bits per heavy atom. The fourth-order valence-electron chi connectivity index (χ4n) is 2.19. The number of hydrogen-bond donors (Lipinski definition) is 1. The van der Waals surface area contributed by atoms with Crippen molar-refractivity contribution in [2.75, 3.05) is 37.7 Å². The van der Waals surface area contributed by atoms with Gasteiger partial charge in [-0.15, -0.1) is 0 Å². The molecule has 0 spiro atoms. The van der Waals surface area contributed by atoms with Crippen LogP contribution in [0, 0.1) is 11.7 Å². The highest BCUT2D eigenvalue weighted by molar-refractivity contribution is 5.49. The minimum Gasteiger partial charge on any atom is -0.380 e. The van der Waals surface area contributed by atoms with Gasteiger partial charge in [-0.1, -0.05) is 19.9 Å². The summed E-state index contributed by atoms with van der Waals surface area (Å²) in [4.78, 5) is 2.01. The number of benzene rings is 1. The number of nitrogens with one attached hydrogen (secondary N) is 1. The van der Waals surface area contributed by atoms with E-state index >= 15 is 0 Å². The highest BCUT2D eigenvalue weighted by Gasteiger charge is 2.10. The fraction of sp³-hybridized carbons (Fsp3) is 0.647. The van der Waals surface area contributed by atoms with Gasteiger partial charge in [-0.2, -0.15) is 0 Å². The molecule has 0 unspecified atom stereocenters. The number of likely N-dealkylation sites (N-methyl/N-ethyl adjacent to an activating group) is 1. The predicted octanol–water partition coefficient (Wildman–Crippen LogP) is 3.43. The van der Waals surface area contributed by atoms with Gasteiger partial charge in [-0.3, -0.25) is 0 Å². The zero-order valence-corrected chi connectivity index (χ0v) is 13.8. The number of rotatable bonds is 10. The third-order valence-electron chi connectivity index (χ3n) is 3.33. The molecule has 0 aromatic heterocycles. The van der Waals surface area contributed by atoms with Gasteiger partial charge in [0.2, 0.25) is 0 Å². The van der Waals surface area contributed by atoms with Crippen molar-refractivity contribution in [1.29, 1.82) is 0 Å². The van der Waals surface area contributed by atoms with Gasteiger partial charge in [-0.25, -0.2) is 4.39 Å². The predicted molar refractivity (Wildman–Crippen MR) is 87.3 cm³/mol. The molecule has 0 bridgehead atoms. The molecule has 0 saturated heterocycles. The van der Waals surface area contributed by atoms with Crippen molar-refractivity contribution in [2.45, 2.75) is 34.2 Å². The number of nitrogens with zero attached hydrogens (tertiary/aromatic N) is 1. The van der Waals surface area contributed by atoms with Crippen LogP contribution in [-0.2, 0) is 11.3 Å². The zero-order valence-electron chi connectivity index (χ0n) is 13.8. The van der Waals surface area contributed by atoms with Crippen LogP contribution in [0.5, 0.6) is 0 Å². The maximum Gasteiger partial charge on any atom is 0.146 e. The maximum atomic E-state index is 14.3. The molecule has 3 nitrogen and oxygen atoms in total. The van der Waals surface area contributed by atoms with Gasteiger partial charge < -0.3 is 15.0 Å². The molecular weight excluding hydrogens is 267 g/mol. The standard InChI is InChI=1S/C17H29FN2O/c1-5-20(9-10-21-6-2)17-8-7-15(11-16(17)18)13-19-12-14(3)4/h7-8,11,14,19H,5-6,9-10,12-13H2,1-4H3. The fourth-order valence-corrected chi connectivity index (χ4v) is 2.19. The minimum atomic E-state index is -0.155. The van der Waals surface area contributed by atoms with Crippen molar-refractivity contribution in [1.82, 2.24) is 5.32 Å². The molecule has 120 valence electrons. The lowest BCUT2D eigenvalue weighted by molar-refractivity contribution is 0.154. The topological polar surface area (TPSA) is 24.5 Å². The molecule has 4 heteroatoms. The summed E-state index contributed by atoms with van der Waals surface area (Å²) < 4.78 is 19.6. The molecule has 1 rings (SSSR count). The van der Waals surface area contributed by atoms with Gasteiger partial charge in [0.1, 0.15) is 5.82 Å². The van der Waals surface area contributed by atoms with Crippen LogP contribution in [0.3, 0.4) is 0 Å². The first kappa shape index (κ1) is 17.9. The first-order valence-electron chi connectivity index (χ1n) is 7.90. The van der Waals surface area contributed by atoms with E-state index in [0.717, 1.165) is 18.7 Å². The van der Waals surface area contributed by atoms with E-state index in [-0.39, 0.29) is 5.82 Å². The van der Waals surface area contributed by atoms with Crippen LogP contribution in [0.4, 0.5) is 10.1 Å². The molecule has 0 saturated carbocycles. The Hall–Kier alpha value is -1.13. The zero-order chi connectivity index (χ0) is 15.7. The second-order valence-electron chi connectivity index (χ2n) is 5.59. The second-order valence-corrected chi connectivity index (χ2v) is 5.59. The number of ether oxygens (including phenoxy) is 1. The van der Waals surface area contributed by atoms with Gasteiger partial charge in [0.25, 0.3) is 0 Å². The van der Waals surface area contributed by atoms with E-state index < -0.39 is 0 Å². The summed E-state index contributed by atoms with van der Waals surface area (Å²) in [5.74, 6) is 0.445. The Morgan fingerprint density at radius 3 is 2.62 bits per heavy atom. The normalized spacial score (nSPS) is 11.1. The van der Waals surface area contributed by atoms with E-state index in [1.54, 1.807) is 6.07 Å². The van der Waals surface area contributed by atoms with Gasteiger partial charge in [-0.05, 0) is 44.0 Å². The van der Waals surface area contributed by atoms with E-state index in [4.69, 9.17) is 4.74 Å². The van der Waals surface area contributed by atoms with E-state index in [9.17, 15) is 4.39 Å². The Kier molecular flexibility index (Phi) is 8.31. The highest BCUT2D eigenvalue weighted by atomic mass is 19.1. The summed E-state index contributed by atoms with van der Waals surface area (Å²) in [5.41, 5.74) is 1.64. The Balaban J connectivity index is 2.62. The number of halogens is 1. The van der Waals surface area contributed by atoms with Gasteiger partial charge in [0.05, 0.1) is 12.3 Å². The van der Waals surface area contributed by atoms with Crippen molar-refractivity contribution in [3.05, 3.63) is 29.6 Å². The van der Waals surface area contributed by atoms with Gasteiger partial charge in [0.15, 0.2) is 0 Å². The molecule has 0 aliphatic carbocycles. The first-order valence-corrected chi connectivity index (χ1v) is 7.90. The van der Waals surface area contributed by atoms with Gasteiger partial charge >= 0.3 is 0 Å². The lowest BCUT2D eigenvalue weighted by atomic mass is 10.1. The summed E-state index contributed by atoms with van der Waals surface area (Å²) in [6, 6.07) is 5.50. The van der Waals surface area contributed by atoms with Crippen LogP contribution >= 0.6 is 0 Å². The summed E-state index contributed by atoms with van der Waals surface area (Å²) in [6.07, 6.45) is 0. The van der Waals surface area contributed by atoms with Crippen molar-refractivity contribution in [2.24, 2.45) is 5.92 Å². The maximum absolute atomic E-state index is 14.3. The molecule has 0 radical (unpaired) electrons. The summed E-state index contributed by atoms with van der Waals surface area (Å²) in [6.45, 7) is 12.8. The minimum absolute atomic E-state index is 0.155. The lowest BCUT2D eigenvalue weighted by Gasteiger charge is -2.23. The molecule has 0 fully saturated rings. The van der Waals surface area contributed by atoms with Crippen LogP contribution in [0.15, 0.2) is 18.2 Å². The summed E-state index contributed by atoms with van der Waals surface area (Å²) in [5, 5.41) is 3.33. The largest absolute Gasteiger partial charge is 0.380 e. The van der Waals surface area contributed by atoms with Crippen LogP contribution in [0.1, 0.15) is 33.3 Å². The SMILES string of the molecule is CCOCCN(CC)c1ccc(CNCC(C)C)cc1F. The summed E-state index contributed by atoms with van der Waals surface area (Å²) in [7, 11) is 0. The first-order chi connectivity index (χ1) is 10.1.